The van der Waals surface area contributed by atoms with Crippen LogP contribution in [0.5, 0.6) is 0 Å². The zero-order valence-electron chi connectivity index (χ0n) is 14.4. The molecule has 6 heteroatoms. The Morgan fingerprint density at radius 3 is 2.67 bits per heavy atom. The van der Waals surface area contributed by atoms with Gasteiger partial charge in [-0.1, -0.05) is 45.3 Å². The smallest absolute Gasteiger partial charge is 0.350 e. The van der Waals surface area contributed by atoms with Crippen LogP contribution in [0.3, 0.4) is 0 Å². The Labute approximate surface area is 142 Å². The molecule has 0 saturated carbocycles. The molecule has 130 valence electrons. The molecule has 1 heterocycles. The SMILES string of the molecule is CCCCCN1C(=O)N=C2C=C(C(=O)NCCCC)C=CC2C1=O. The monoisotopic (exact) mass is 331 g/mol. The Morgan fingerprint density at radius 2 is 1.96 bits per heavy atom. The van der Waals surface area contributed by atoms with Crippen LogP contribution in [0, 0.1) is 5.92 Å². The number of nitrogens with zero attached hydrogens (tertiary/aromatic N) is 2. The third kappa shape index (κ3) is 4.19. The summed E-state index contributed by atoms with van der Waals surface area (Å²) in [4.78, 5) is 41.9. The summed E-state index contributed by atoms with van der Waals surface area (Å²) in [6.07, 6.45) is 9.54. The van der Waals surface area contributed by atoms with Gasteiger partial charge in [-0.05, 0) is 18.9 Å². The Bertz CT molecular complexity index is 605. The standard InChI is InChI=1S/C18H25N3O3/c1-3-5-7-11-21-17(23)14-9-8-13(12-15(14)20-18(21)24)16(22)19-10-6-4-2/h8-9,12,14H,3-7,10-11H2,1-2H3,(H,19,22). The third-order valence-electron chi connectivity index (χ3n) is 4.14. The number of hydrogen-bond acceptors (Lipinski definition) is 3. The Hall–Kier alpha value is -2.24. The van der Waals surface area contributed by atoms with Gasteiger partial charge in [0.15, 0.2) is 0 Å². The van der Waals surface area contributed by atoms with Gasteiger partial charge in [0, 0.05) is 18.7 Å². The van der Waals surface area contributed by atoms with Crippen molar-refractivity contribution in [2.45, 2.75) is 46.0 Å². The van der Waals surface area contributed by atoms with Crippen molar-refractivity contribution in [3.63, 3.8) is 0 Å². The van der Waals surface area contributed by atoms with Crippen LogP contribution in [-0.4, -0.2) is 41.5 Å². The fourth-order valence-corrected chi connectivity index (χ4v) is 2.69. The highest BCUT2D eigenvalue weighted by Gasteiger charge is 2.36. The molecule has 0 fully saturated rings. The molecule has 2 rings (SSSR count). The van der Waals surface area contributed by atoms with Crippen LogP contribution in [0.2, 0.25) is 0 Å². The molecule has 0 aromatic heterocycles. The molecule has 0 saturated heterocycles. The molecular weight excluding hydrogens is 306 g/mol. The molecule has 0 bridgehead atoms. The molecule has 0 spiro atoms. The maximum Gasteiger partial charge on any atom is 0.350 e. The minimum absolute atomic E-state index is 0.203. The molecule has 6 nitrogen and oxygen atoms in total. The summed E-state index contributed by atoms with van der Waals surface area (Å²) in [5.41, 5.74) is 0.793. The average Bonchev–Trinajstić information content (AvgIpc) is 2.57. The van der Waals surface area contributed by atoms with Crippen molar-refractivity contribution in [1.29, 1.82) is 0 Å². The van der Waals surface area contributed by atoms with E-state index in [2.05, 4.69) is 24.2 Å². The van der Waals surface area contributed by atoms with E-state index in [1.54, 1.807) is 18.2 Å². The van der Waals surface area contributed by atoms with Crippen molar-refractivity contribution in [1.82, 2.24) is 10.2 Å². The number of nitrogens with one attached hydrogen (secondary N) is 1. The molecule has 1 aliphatic carbocycles. The summed E-state index contributed by atoms with van der Waals surface area (Å²) >= 11 is 0. The number of fused-ring (bicyclic) bond motifs is 1. The predicted molar refractivity (Wildman–Crippen MR) is 92.7 cm³/mol. The van der Waals surface area contributed by atoms with E-state index in [9.17, 15) is 14.4 Å². The van der Waals surface area contributed by atoms with Gasteiger partial charge in [0.2, 0.25) is 5.91 Å². The van der Waals surface area contributed by atoms with Crippen LogP contribution in [0.15, 0.2) is 28.8 Å². The maximum absolute atomic E-state index is 12.5. The summed E-state index contributed by atoms with van der Waals surface area (Å²) in [7, 11) is 0. The number of imide groups is 1. The fourth-order valence-electron chi connectivity index (χ4n) is 2.69. The Balaban J connectivity index is 2.08. The van der Waals surface area contributed by atoms with Crippen molar-refractivity contribution in [3.05, 3.63) is 23.8 Å². The van der Waals surface area contributed by atoms with E-state index in [-0.39, 0.29) is 11.8 Å². The van der Waals surface area contributed by atoms with Crippen molar-refractivity contribution in [3.8, 4) is 0 Å². The summed E-state index contributed by atoms with van der Waals surface area (Å²) in [6, 6.07) is -0.528. The predicted octanol–water partition coefficient (Wildman–Crippen LogP) is 2.61. The molecule has 2 aliphatic rings. The number of amides is 4. The number of allylic oxidation sites excluding steroid dienone is 1. The second kappa shape index (κ2) is 8.57. The lowest BCUT2D eigenvalue weighted by Gasteiger charge is -2.29. The van der Waals surface area contributed by atoms with Crippen molar-refractivity contribution in [2.75, 3.05) is 13.1 Å². The molecule has 1 N–H and O–H groups in total. The summed E-state index contributed by atoms with van der Waals surface area (Å²) < 4.78 is 0. The maximum atomic E-state index is 12.5. The number of unbranched alkanes of at least 4 members (excludes halogenated alkanes) is 3. The quantitative estimate of drug-likeness (QED) is 0.694. The first-order chi connectivity index (χ1) is 11.6. The van der Waals surface area contributed by atoms with Crippen LogP contribution in [0.25, 0.3) is 0 Å². The largest absolute Gasteiger partial charge is 0.352 e. The van der Waals surface area contributed by atoms with Gasteiger partial charge in [-0.15, -0.1) is 0 Å². The van der Waals surface area contributed by atoms with E-state index >= 15 is 0 Å². The minimum Gasteiger partial charge on any atom is -0.352 e. The van der Waals surface area contributed by atoms with Crippen LogP contribution in [0.1, 0.15) is 46.0 Å². The molecule has 1 aliphatic heterocycles. The zero-order chi connectivity index (χ0) is 17.5. The van der Waals surface area contributed by atoms with Gasteiger partial charge in [-0.25, -0.2) is 4.79 Å². The van der Waals surface area contributed by atoms with Crippen LogP contribution >= 0.6 is 0 Å². The first kappa shape index (κ1) is 18.1. The lowest BCUT2D eigenvalue weighted by Crippen LogP contribution is -2.46. The van der Waals surface area contributed by atoms with E-state index < -0.39 is 11.9 Å². The molecule has 0 aromatic carbocycles. The first-order valence-corrected chi connectivity index (χ1v) is 8.70. The van der Waals surface area contributed by atoms with Gasteiger partial charge in [-0.3, -0.25) is 14.5 Å². The number of aliphatic imine (C=N–C) groups is 1. The van der Waals surface area contributed by atoms with Gasteiger partial charge in [0.1, 0.15) is 0 Å². The van der Waals surface area contributed by atoms with Crippen LogP contribution in [-0.2, 0) is 9.59 Å². The highest BCUT2D eigenvalue weighted by molar-refractivity contribution is 6.23. The summed E-state index contributed by atoms with van der Waals surface area (Å²) in [5.74, 6) is -1.01. The van der Waals surface area contributed by atoms with Gasteiger partial charge >= 0.3 is 6.03 Å². The fraction of sp³-hybridized carbons (Fsp3) is 0.556. The van der Waals surface area contributed by atoms with E-state index in [1.165, 1.54) is 4.90 Å². The number of rotatable bonds is 8. The van der Waals surface area contributed by atoms with E-state index in [0.717, 1.165) is 32.1 Å². The highest BCUT2D eigenvalue weighted by Crippen LogP contribution is 2.22. The minimum atomic E-state index is -0.559. The molecule has 0 radical (unpaired) electrons. The number of urea groups is 1. The molecule has 4 amide bonds. The second-order valence-electron chi connectivity index (χ2n) is 6.06. The van der Waals surface area contributed by atoms with Gasteiger partial charge in [0.25, 0.3) is 5.91 Å². The van der Waals surface area contributed by atoms with Gasteiger partial charge in [0.05, 0.1) is 11.6 Å². The van der Waals surface area contributed by atoms with Crippen molar-refractivity contribution < 1.29 is 14.4 Å². The summed E-state index contributed by atoms with van der Waals surface area (Å²) in [6.45, 7) is 5.13. The van der Waals surface area contributed by atoms with E-state index in [1.807, 2.05) is 0 Å². The molecule has 0 aromatic rings. The van der Waals surface area contributed by atoms with E-state index in [4.69, 9.17) is 0 Å². The summed E-state index contributed by atoms with van der Waals surface area (Å²) in [5, 5.41) is 2.82. The average molecular weight is 331 g/mol. The topological polar surface area (TPSA) is 78.8 Å². The lowest BCUT2D eigenvalue weighted by atomic mass is 9.91. The van der Waals surface area contributed by atoms with E-state index in [0.29, 0.717) is 24.4 Å². The molecule has 1 unspecified atom stereocenters. The highest BCUT2D eigenvalue weighted by atomic mass is 16.2. The first-order valence-electron chi connectivity index (χ1n) is 8.70. The molecule has 24 heavy (non-hydrogen) atoms. The van der Waals surface area contributed by atoms with Crippen LogP contribution in [0.4, 0.5) is 4.79 Å². The number of carbonyl (C=O) groups excluding carboxylic acids is 3. The lowest BCUT2D eigenvalue weighted by molar-refractivity contribution is -0.129. The Kier molecular flexibility index (Phi) is 6.46. The van der Waals surface area contributed by atoms with Crippen molar-refractivity contribution >= 4 is 23.6 Å². The molecular formula is C18H25N3O3. The molecule has 1 atom stereocenters. The number of carbonyl (C=O) groups is 3. The normalized spacial score (nSPS) is 19.8. The van der Waals surface area contributed by atoms with Gasteiger partial charge < -0.3 is 5.32 Å². The second-order valence-corrected chi connectivity index (χ2v) is 6.06. The van der Waals surface area contributed by atoms with Crippen LogP contribution < -0.4 is 5.32 Å². The van der Waals surface area contributed by atoms with Gasteiger partial charge in [-0.2, -0.15) is 4.99 Å². The Morgan fingerprint density at radius 1 is 1.21 bits per heavy atom. The zero-order valence-corrected chi connectivity index (χ0v) is 14.4. The van der Waals surface area contributed by atoms with Crippen molar-refractivity contribution in [2.24, 2.45) is 10.9 Å². The third-order valence-corrected chi connectivity index (χ3v) is 4.14. The number of hydrogen-bond donors (Lipinski definition) is 1.